The number of hydrogen-bond acceptors (Lipinski definition) is 1. The molecule has 1 aromatic carbocycles. The van der Waals surface area contributed by atoms with Crippen LogP contribution >= 0.6 is 0 Å². The Kier molecular flexibility index (Phi) is 2.94. The van der Waals surface area contributed by atoms with E-state index in [4.69, 9.17) is 4.74 Å². The van der Waals surface area contributed by atoms with Gasteiger partial charge in [-0.2, -0.15) is 13.2 Å². The van der Waals surface area contributed by atoms with Gasteiger partial charge in [0.15, 0.2) is 5.60 Å². The van der Waals surface area contributed by atoms with Gasteiger partial charge >= 0.3 is 6.18 Å². The third-order valence-electron chi connectivity index (χ3n) is 3.60. The Balaban J connectivity index is 2.45. The van der Waals surface area contributed by atoms with Crippen molar-refractivity contribution in [2.24, 2.45) is 0 Å². The molecule has 0 heterocycles. The molecule has 1 aliphatic rings. The lowest BCUT2D eigenvalue weighted by Crippen LogP contribution is -2.41. The van der Waals surface area contributed by atoms with Gasteiger partial charge in [0.25, 0.3) is 0 Å². The number of hydrogen-bond donors (Lipinski definition) is 0. The number of ether oxygens (including phenoxy) is 1. The molecule has 1 unspecified atom stereocenters. The fourth-order valence-electron chi connectivity index (χ4n) is 2.27. The topological polar surface area (TPSA) is 9.23 Å². The number of rotatable bonds is 2. The van der Waals surface area contributed by atoms with E-state index in [1.54, 1.807) is 12.1 Å². The summed E-state index contributed by atoms with van der Waals surface area (Å²) < 4.78 is 43.8. The molecular weight excluding hydrogens is 229 g/mol. The van der Waals surface area contributed by atoms with Crippen LogP contribution in [0.1, 0.15) is 30.0 Å². The van der Waals surface area contributed by atoms with Crippen LogP contribution in [0.25, 0.3) is 0 Å². The van der Waals surface area contributed by atoms with E-state index in [2.05, 4.69) is 0 Å². The van der Waals surface area contributed by atoms with Crippen LogP contribution in [-0.4, -0.2) is 13.3 Å². The summed E-state index contributed by atoms with van der Waals surface area (Å²) in [6, 6.07) is 4.96. The van der Waals surface area contributed by atoms with Crippen molar-refractivity contribution in [1.29, 1.82) is 0 Å². The van der Waals surface area contributed by atoms with E-state index < -0.39 is 11.8 Å². The second kappa shape index (κ2) is 4.02. The molecule has 0 fully saturated rings. The Morgan fingerprint density at radius 1 is 1.12 bits per heavy atom. The van der Waals surface area contributed by atoms with E-state index in [9.17, 15) is 13.2 Å². The first-order valence-corrected chi connectivity index (χ1v) is 5.62. The zero-order valence-electron chi connectivity index (χ0n) is 9.90. The first-order valence-electron chi connectivity index (χ1n) is 5.62. The molecule has 2 rings (SSSR count). The standard InChI is InChI=1S/C13H15F3O/c1-12(17-2,13(14,15)16)11-7-6-9-4-3-5-10(9)8-11/h6-8H,3-5H2,1-2H3. The highest BCUT2D eigenvalue weighted by Gasteiger charge is 2.53. The molecule has 0 bridgehead atoms. The summed E-state index contributed by atoms with van der Waals surface area (Å²) in [7, 11) is 1.10. The van der Waals surface area contributed by atoms with Crippen molar-refractivity contribution in [3.05, 3.63) is 34.9 Å². The van der Waals surface area contributed by atoms with E-state index in [0.29, 0.717) is 0 Å². The molecule has 1 aliphatic carbocycles. The Bertz CT molecular complexity index is 425. The summed E-state index contributed by atoms with van der Waals surface area (Å²) in [6.45, 7) is 1.07. The minimum absolute atomic E-state index is 0.188. The predicted molar refractivity (Wildman–Crippen MR) is 58.9 cm³/mol. The minimum atomic E-state index is -4.41. The number of methoxy groups -OCH3 is 1. The quantitative estimate of drug-likeness (QED) is 0.772. The van der Waals surface area contributed by atoms with E-state index in [-0.39, 0.29) is 5.56 Å². The molecule has 94 valence electrons. The highest BCUT2D eigenvalue weighted by atomic mass is 19.4. The van der Waals surface area contributed by atoms with Gasteiger partial charge in [-0.25, -0.2) is 0 Å². The number of aryl methyl sites for hydroxylation is 2. The van der Waals surface area contributed by atoms with Crippen molar-refractivity contribution < 1.29 is 17.9 Å². The molecule has 0 aliphatic heterocycles. The van der Waals surface area contributed by atoms with Gasteiger partial charge in [0.05, 0.1) is 0 Å². The fourth-order valence-corrected chi connectivity index (χ4v) is 2.27. The fraction of sp³-hybridized carbons (Fsp3) is 0.538. The lowest BCUT2D eigenvalue weighted by Gasteiger charge is -2.31. The van der Waals surface area contributed by atoms with Gasteiger partial charge in [0, 0.05) is 7.11 Å². The predicted octanol–water partition coefficient (Wildman–Crippen LogP) is 3.60. The molecule has 0 spiro atoms. The number of alkyl halides is 3. The second-order valence-corrected chi connectivity index (χ2v) is 4.57. The van der Waals surface area contributed by atoms with Crippen LogP contribution in [0.3, 0.4) is 0 Å². The lowest BCUT2D eigenvalue weighted by atomic mass is 9.92. The van der Waals surface area contributed by atoms with Gasteiger partial charge in [-0.05, 0) is 42.9 Å². The maximum atomic E-state index is 13.0. The van der Waals surface area contributed by atoms with Crippen LogP contribution in [0.5, 0.6) is 0 Å². The molecule has 4 heteroatoms. The summed E-state index contributed by atoms with van der Waals surface area (Å²) in [5.41, 5.74) is 0.155. The van der Waals surface area contributed by atoms with Gasteiger partial charge < -0.3 is 4.74 Å². The Labute approximate surface area is 98.6 Å². The molecule has 0 aromatic heterocycles. The average molecular weight is 244 g/mol. The van der Waals surface area contributed by atoms with Crippen LogP contribution < -0.4 is 0 Å². The maximum absolute atomic E-state index is 13.0. The Hall–Kier alpha value is -1.03. The van der Waals surface area contributed by atoms with E-state index in [0.717, 1.165) is 44.4 Å². The van der Waals surface area contributed by atoms with Crippen molar-refractivity contribution in [3.8, 4) is 0 Å². The molecule has 0 saturated heterocycles. The molecule has 0 saturated carbocycles. The van der Waals surface area contributed by atoms with Crippen molar-refractivity contribution in [1.82, 2.24) is 0 Å². The zero-order valence-corrected chi connectivity index (χ0v) is 9.90. The molecule has 0 amide bonds. The summed E-state index contributed by atoms with van der Waals surface area (Å²) in [5.74, 6) is 0. The largest absolute Gasteiger partial charge is 0.421 e. The molecule has 1 nitrogen and oxygen atoms in total. The Morgan fingerprint density at radius 3 is 2.35 bits per heavy atom. The molecule has 1 atom stereocenters. The highest BCUT2D eigenvalue weighted by molar-refractivity contribution is 5.38. The SMILES string of the molecule is COC(C)(c1ccc2c(c1)CCC2)C(F)(F)F. The number of fused-ring (bicyclic) bond motifs is 1. The molecule has 1 aromatic rings. The molecule has 0 N–H and O–H groups in total. The smallest absolute Gasteiger partial charge is 0.364 e. The molecule has 0 radical (unpaired) electrons. The van der Waals surface area contributed by atoms with Crippen LogP contribution in [0.4, 0.5) is 13.2 Å². The average Bonchev–Trinajstić information content (AvgIpc) is 2.73. The summed E-state index contributed by atoms with van der Waals surface area (Å²) in [5, 5.41) is 0. The Morgan fingerprint density at radius 2 is 1.76 bits per heavy atom. The second-order valence-electron chi connectivity index (χ2n) is 4.57. The monoisotopic (exact) mass is 244 g/mol. The van der Waals surface area contributed by atoms with Gasteiger partial charge in [0.1, 0.15) is 0 Å². The van der Waals surface area contributed by atoms with Gasteiger partial charge in [0.2, 0.25) is 0 Å². The van der Waals surface area contributed by atoms with Gasteiger partial charge in [-0.15, -0.1) is 0 Å². The van der Waals surface area contributed by atoms with Crippen LogP contribution in [0.15, 0.2) is 18.2 Å². The first kappa shape index (κ1) is 12.4. The lowest BCUT2D eigenvalue weighted by molar-refractivity contribution is -0.269. The number of benzene rings is 1. The number of halogens is 3. The zero-order chi connectivity index (χ0) is 12.7. The summed E-state index contributed by atoms with van der Waals surface area (Å²) >= 11 is 0. The third-order valence-corrected chi connectivity index (χ3v) is 3.60. The summed E-state index contributed by atoms with van der Waals surface area (Å²) in [4.78, 5) is 0. The van der Waals surface area contributed by atoms with Crippen LogP contribution in [0.2, 0.25) is 0 Å². The normalized spacial score (nSPS) is 18.9. The van der Waals surface area contributed by atoms with Crippen molar-refractivity contribution in [2.45, 2.75) is 38.0 Å². The van der Waals surface area contributed by atoms with Crippen LogP contribution in [-0.2, 0) is 23.2 Å². The van der Waals surface area contributed by atoms with E-state index >= 15 is 0 Å². The van der Waals surface area contributed by atoms with E-state index in [1.807, 2.05) is 0 Å². The van der Waals surface area contributed by atoms with Crippen molar-refractivity contribution >= 4 is 0 Å². The third kappa shape index (κ3) is 1.95. The first-order chi connectivity index (χ1) is 7.88. The van der Waals surface area contributed by atoms with E-state index in [1.165, 1.54) is 6.07 Å². The highest BCUT2D eigenvalue weighted by Crippen LogP contribution is 2.42. The maximum Gasteiger partial charge on any atom is 0.421 e. The molecule has 17 heavy (non-hydrogen) atoms. The van der Waals surface area contributed by atoms with Gasteiger partial charge in [-0.3, -0.25) is 0 Å². The van der Waals surface area contributed by atoms with Crippen LogP contribution in [0, 0.1) is 0 Å². The minimum Gasteiger partial charge on any atom is -0.364 e. The van der Waals surface area contributed by atoms with Crippen molar-refractivity contribution in [3.63, 3.8) is 0 Å². The van der Waals surface area contributed by atoms with Gasteiger partial charge in [-0.1, -0.05) is 18.2 Å². The van der Waals surface area contributed by atoms with Crippen molar-refractivity contribution in [2.75, 3.05) is 7.11 Å². The molecular formula is C13H15F3O. The summed E-state index contributed by atoms with van der Waals surface area (Å²) in [6.07, 6.45) is -1.56.